The largest absolute Gasteiger partial charge is 0.377 e. The molecule has 24 heavy (non-hydrogen) atoms. The average Bonchev–Trinajstić information content (AvgIpc) is 3.33. The molecule has 130 valence electrons. The zero-order valence-electron chi connectivity index (χ0n) is 14.3. The van der Waals surface area contributed by atoms with Gasteiger partial charge in [0.1, 0.15) is 0 Å². The summed E-state index contributed by atoms with van der Waals surface area (Å²) in [5, 5.41) is 3.20. The van der Waals surface area contributed by atoms with Crippen molar-refractivity contribution in [2.45, 2.75) is 31.8 Å². The summed E-state index contributed by atoms with van der Waals surface area (Å²) in [5.41, 5.74) is 1.36. The van der Waals surface area contributed by atoms with E-state index in [1.165, 1.54) is 18.4 Å². The number of nitrogens with zero attached hydrogens (tertiary/aromatic N) is 1. The zero-order valence-corrected chi connectivity index (χ0v) is 14.3. The molecule has 0 spiro atoms. The maximum atomic E-state index is 12.7. The molecule has 2 heterocycles. The second kappa shape index (κ2) is 7.24. The van der Waals surface area contributed by atoms with Crippen molar-refractivity contribution in [3.05, 3.63) is 35.9 Å². The van der Waals surface area contributed by atoms with E-state index >= 15 is 0 Å². The zero-order chi connectivity index (χ0) is 16.4. The van der Waals surface area contributed by atoms with Crippen LogP contribution >= 0.6 is 0 Å². The van der Waals surface area contributed by atoms with E-state index in [-0.39, 0.29) is 17.9 Å². The predicted octanol–water partition coefficient (Wildman–Crippen LogP) is 2.09. The lowest BCUT2D eigenvalue weighted by molar-refractivity contribution is -0.131. The fourth-order valence-electron chi connectivity index (χ4n) is 4.15. The van der Waals surface area contributed by atoms with Gasteiger partial charge in [-0.2, -0.15) is 0 Å². The molecule has 1 amide bonds. The minimum absolute atomic E-state index is 0.0979. The van der Waals surface area contributed by atoms with Crippen LogP contribution in [0.1, 0.15) is 24.8 Å². The first kappa shape index (κ1) is 16.1. The predicted molar refractivity (Wildman–Crippen MR) is 93.7 cm³/mol. The number of rotatable bonds is 6. The Hall–Kier alpha value is -1.39. The Balaban J connectivity index is 1.36. The summed E-state index contributed by atoms with van der Waals surface area (Å²) >= 11 is 0. The number of hydrogen-bond donors (Lipinski definition) is 1. The Morgan fingerprint density at radius 3 is 2.79 bits per heavy atom. The number of ether oxygens (including phenoxy) is 1. The summed E-state index contributed by atoms with van der Waals surface area (Å²) in [6.45, 7) is 4.55. The van der Waals surface area contributed by atoms with Gasteiger partial charge in [-0.05, 0) is 37.2 Å². The van der Waals surface area contributed by atoms with Gasteiger partial charge >= 0.3 is 0 Å². The number of likely N-dealkylation sites (tertiary alicyclic amines) is 1. The molecule has 2 saturated heterocycles. The first-order chi connectivity index (χ1) is 11.8. The molecule has 2 aliphatic heterocycles. The highest BCUT2D eigenvalue weighted by molar-refractivity contribution is 5.79. The minimum Gasteiger partial charge on any atom is -0.377 e. The SMILES string of the molecule is O=C(NCC1CC1)[C@@H]1CN(CCc2ccccc2)C[C@@H]2OCC[C@@H]21. The second-order valence-electron chi connectivity index (χ2n) is 7.65. The van der Waals surface area contributed by atoms with Gasteiger partial charge in [0.2, 0.25) is 5.91 Å². The van der Waals surface area contributed by atoms with Crippen molar-refractivity contribution in [1.82, 2.24) is 10.2 Å². The van der Waals surface area contributed by atoms with E-state index in [0.717, 1.165) is 51.5 Å². The first-order valence-electron chi connectivity index (χ1n) is 9.45. The number of benzene rings is 1. The van der Waals surface area contributed by atoms with Crippen molar-refractivity contribution < 1.29 is 9.53 Å². The molecule has 1 aromatic carbocycles. The normalized spacial score (nSPS) is 30.1. The van der Waals surface area contributed by atoms with Crippen molar-refractivity contribution >= 4 is 5.91 Å². The van der Waals surface area contributed by atoms with Gasteiger partial charge in [-0.1, -0.05) is 30.3 Å². The van der Waals surface area contributed by atoms with E-state index in [0.29, 0.717) is 5.92 Å². The number of carbonyl (C=O) groups excluding carboxylic acids is 1. The topological polar surface area (TPSA) is 41.6 Å². The van der Waals surface area contributed by atoms with E-state index in [4.69, 9.17) is 4.74 Å². The number of amides is 1. The monoisotopic (exact) mass is 328 g/mol. The second-order valence-corrected chi connectivity index (χ2v) is 7.65. The third-order valence-corrected chi connectivity index (χ3v) is 5.83. The van der Waals surface area contributed by atoms with Gasteiger partial charge < -0.3 is 10.1 Å². The Morgan fingerprint density at radius 1 is 1.17 bits per heavy atom. The molecule has 1 aliphatic carbocycles. The lowest BCUT2D eigenvalue weighted by Gasteiger charge is -2.39. The summed E-state index contributed by atoms with van der Waals surface area (Å²) in [7, 11) is 0. The van der Waals surface area contributed by atoms with Crippen LogP contribution in [0.2, 0.25) is 0 Å². The molecular weight excluding hydrogens is 300 g/mol. The standard InChI is InChI=1S/C20H28N2O2/c23-20(21-12-16-6-7-16)18-13-22(14-19-17(18)9-11-24-19)10-8-15-4-2-1-3-5-15/h1-5,16-19H,6-14H2,(H,21,23)/t17-,18-,19+/m1/s1. The van der Waals surface area contributed by atoms with Crippen molar-refractivity contribution in [1.29, 1.82) is 0 Å². The lowest BCUT2D eigenvalue weighted by Crippen LogP contribution is -2.53. The fraction of sp³-hybridized carbons (Fsp3) is 0.650. The number of hydrogen-bond acceptors (Lipinski definition) is 3. The fourth-order valence-corrected chi connectivity index (χ4v) is 4.15. The Bertz CT molecular complexity index is 558. The quantitative estimate of drug-likeness (QED) is 0.869. The minimum atomic E-state index is 0.0979. The van der Waals surface area contributed by atoms with Gasteiger partial charge in [-0.15, -0.1) is 0 Å². The van der Waals surface area contributed by atoms with Crippen LogP contribution in [0.3, 0.4) is 0 Å². The molecule has 3 fully saturated rings. The number of fused-ring (bicyclic) bond motifs is 1. The molecule has 4 heteroatoms. The van der Waals surface area contributed by atoms with Gasteiger partial charge in [0.05, 0.1) is 12.0 Å². The van der Waals surface area contributed by atoms with Crippen LogP contribution in [0, 0.1) is 17.8 Å². The van der Waals surface area contributed by atoms with Crippen molar-refractivity contribution in [2.75, 3.05) is 32.8 Å². The Kier molecular flexibility index (Phi) is 4.86. The summed E-state index contributed by atoms with van der Waals surface area (Å²) in [5.74, 6) is 1.51. The number of carbonyl (C=O) groups is 1. The van der Waals surface area contributed by atoms with E-state index in [1.807, 2.05) is 0 Å². The Labute approximate surface area is 144 Å². The molecule has 0 unspecified atom stereocenters. The first-order valence-corrected chi connectivity index (χ1v) is 9.45. The van der Waals surface area contributed by atoms with Gasteiger partial charge in [-0.3, -0.25) is 9.69 Å². The van der Waals surface area contributed by atoms with Crippen LogP contribution < -0.4 is 5.32 Å². The molecular formula is C20H28N2O2. The molecule has 1 aromatic rings. The molecule has 1 saturated carbocycles. The van der Waals surface area contributed by atoms with E-state index < -0.39 is 0 Å². The third kappa shape index (κ3) is 3.81. The summed E-state index contributed by atoms with van der Waals surface area (Å²) < 4.78 is 5.94. The summed E-state index contributed by atoms with van der Waals surface area (Å²) in [6.07, 6.45) is 4.88. The highest BCUT2D eigenvalue weighted by atomic mass is 16.5. The average molecular weight is 328 g/mol. The van der Waals surface area contributed by atoms with Gasteiger partial charge in [0.25, 0.3) is 0 Å². The molecule has 3 aliphatic rings. The van der Waals surface area contributed by atoms with E-state index in [1.54, 1.807) is 0 Å². The molecule has 0 radical (unpaired) electrons. The smallest absolute Gasteiger partial charge is 0.224 e. The summed E-state index contributed by atoms with van der Waals surface area (Å²) in [4.78, 5) is 15.1. The van der Waals surface area contributed by atoms with Crippen molar-refractivity contribution in [3.63, 3.8) is 0 Å². The van der Waals surface area contributed by atoms with Crippen molar-refractivity contribution in [2.24, 2.45) is 17.8 Å². The molecule has 3 atom stereocenters. The van der Waals surface area contributed by atoms with E-state index in [9.17, 15) is 4.79 Å². The van der Waals surface area contributed by atoms with Crippen LogP contribution in [0.15, 0.2) is 30.3 Å². The van der Waals surface area contributed by atoms with Gasteiger partial charge in [0, 0.05) is 38.7 Å². The highest BCUT2D eigenvalue weighted by Crippen LogP contribution is 2.34. The van der Waals surface area contributed by atoms with Gasteiger partial charge in [0.15, 0.2) is 0 Å². The molecule has 4 rings (SSSR count). The van der Waals surface area contributed by atoms with Crippen LogP contribution in [-0.2, 0) is 16.0 Å². The number of piperidine rings is 1. The van der Waals surface area contributed by atoms with Crippen LogP contribution in [-0.4, -0.2) is 49.7 Å². The highest BCUT2D eigenvalue weighted by Gasteiger charge is 2.43. The lowest BCUT2D eigenvalue weighted by atomic mass is 9.82. The van der Waals surface area contributed by atoms with Crippen LogP contribution in [0.5, 0.6) is 0 Å². The maximum absolute atomic E-state index is 12.7. The molecule has 0 aromatic heterocycles. The summed E-state index contributed by atoms with van der Waals surface area (Å²) in [6, 6.07) is 10.6. The Morgan fingerprint density at radius 2 is 2.00 bits per heavy atom. The molecule has 4 nitrogen and oxygen atoms in total. The number of nitrogens with one attached hydrogen (secondary N) is 1. The van der Waals surface area contributed by atoms with Crippen LogP contribution in [0.25, 0.3) is 0 Å². The molecule has 0 bridgehead atoms. The third-order valence-electron chi connectivity index (χ3n) is 5.83. The van der Waals surface area contributed by atoms with E-state index in [2.05, 4.69) is 40.5 Å². The van der Waals surface area contributed by atoms with Crippen LogP contribution in [0.4, 0.5) is 0 Å². The van der Waals surface area contributed by atoms with Crippen molar-refractivity contribution in [3.8, 4) is 0 Å². The molecule has 1 N–H and O–H groups in total. The van der Waals surface area contributed by atoms with Gasteiger partial charge in [-0.25, -0.2) is 0 Å². The maximum Gasteiger partial charge on any atom is 0.224 e.